The first-order valence-corrected chi connectivity index (χ1v) is 9.07. The summed E-state index contributed by atoms with van der Waals surface area (Å²) >= 11 is 0. The highest BCUT2D eigenvalue weighted by Gasteiger charge is 2.20. The van der Waals surface area contributed by atoms with Gasteiger partial charge in [0.05, 0.1) is 13.2 Å². The van der Waals surface area contributed by atoms with Crippen LogP contribution < -0.4 is 9.47 Å². The van der Waals surface area contributed by atoms with Crippen LogP contribution in [0.25, 0.3) is 0 Å². The molecule has 2 aromatic rings. The summed E-state index contributed by atoms with van der Waals surface area (Å²) < 4.78 is 38.5. The van der Waals surface area contributed by atoms with Gasteiger partial charge in [-0.25, -0.2) is 0 Å². The first kappa shape index (κ1) is 18.4. The third-order valence-electron chi connectivity index (χ3n) is 4.73. The van der Waals surface area contributed by atoms with E-state index < -0.39 is 11.6 Å². The molecule has 2 unspecified atom stereocenters. The zero-order chi connectivity index (χ0) is 18.5. The van der Waals surface area contributed by atoms with Crippen molar-refractivity contribution < 1.29 is 18.3 Å². The largest absolute Gasteiger partial charge is 0.491 e. The minimum Gasteiger partial charge on any atom is -0.491 e. The van der Waals surface area contributed by atoms with E-state index in [0.29, 0.717) is 12.5 Å². The second-order valence-corrected chi connectivity index (χ2v) is 6.67. The van der Waals surface area contributed by atoms with E-state index in [0.717, 1.165) is 12.8 Å². The highest BCUT2D eigenvalue weighted by atomic mass is 19.2. The Kier molecular flexibility index (Phi) is 5.92. The van der Waals surface area contributed by atoms with Gasteiger partial charge < -0.3 is 9.47 Å². The number of benzene rings is 2. The second-order valence-electron chi connectivity index (χ2n) is 6.67. The first-order valence-electron chi connectivity index (χ1n) is 9.07. The molecule has 0 radical (unpaired) electrons. The van der Waals surface area contributed by atoms with Gasteiger partial charge in [-0.05, 0) is 44.4 Å². The maximum absolute atomic E-state index is 14.1. The monoisotopic (exact) mass is 358 g/mol. The van der Waals surface area contributed by atoms with Crippen LogP contribution in [0.4, 0.5) is 8.78 Å². The van der Waals surface area contributed by atoms with E-state index in [9.17, 15) is 8.78 Å². The zero-order valence-corrected chi connectivity index (χ0v) is 15.2. The molecule has 0 N–H and O–H groups in total. The fraction of sp³-hybridized carbons (Fsp3) is 0.364. The third kappa shape index (κ3) is 4.24. The molecule has 1 aliphatic rings. The molecule has 3 rings (SSSR count). The predicted molar refractivity (Wildman–Crippen MR) is 98.8 cm³/mol. The van der Waals surface area contributed by atoms with Crippen molar-refractivity contribution in [2.75, 3.05) is 13.2 Å². The molecular formula is C22H24F2O2. The molecule has 0 heterocycles. The molecule has 2 nitrogen and oxygen atoms in total. The van der Waals surface area contributed by atoms with Gasteiger partial charge in [0.2, 0.25) is 11.6 Å². The van der Waals surface area contributed by atoms with Crippen LogP contribution in [0.5, 0.6) is 11.5 Å². The topological polar surface area (TPSA) is 18.5 Å². The van der Waals surface area contributed by atoms with Crippen molar-refractivity contribution in [2.45, 2.75) is 32.6 Å². The highest BCUT2D eigenvalue weighted by Crippen LogP contribution is 2.32. The van der Waals surface area contributed by atoms with Gasteiger partial charge in [-0.2, -0.15) is 8.78 Å². The summed E-state index contributed by atoms with van der Waals surface area (Å²) in [6.45, 7) is 4.42. The van der Waals surface area contributed by atoms with Crippen molar-refractivity contribution in [3.63, 3.8) is 0 Å². The maximum Gasteiger partial charge on any atom is 0.204 e. The maximum atomic E-state index is 14.1. The Morgan fingerprint density at radius 3 is 2.12 bits per heavy atom. The van der Waals surface area contributed by atoms with Crippen LogP contribution in [-0.2, 0) is 0 Å². The summed E-state index contributed by atoms with van der Waals surface area (Å²) in [6, 6.07) is 11.4. The Hall–Kier alpha value is -2.36. The molecule has 0 fully saturated rings. The van der Waals surface area contributed by atoms with E-state index in [1.54, 1.807) is 6.92 Å². The molecule has 0 aromatic heterocycles. The van der Waals surface area contributed by atoms with E-state index in [-0.39, 0.29) is 24.0 Å². The van der Waals surface area contributed by atoms with Gasteiger partial charge in [-0.3, -0.25) is 0 Å². The molecule has 4 heteroatoms. The summed E-state index contributed by atoms with van der Waals surface area (Å²) in [5, 5.41) is 0. The van der Waals surface area contributed by atoms with E-state index in [2.05, 4.69) is 43.3 Å². The van der Waals surface area contributed by atoms with Crippen LogP contribution in [0.3, 0.4) is 0 Å². The minimum absolute atomic E-state index is 0.0694. The van der Waals surface area contributed by atoms with Crippen molar-refractivity contribution in [2.24, 2.45) is 5.92 Å². The predicted octanol–water partition coefficient (Wildman–Crippen LogP) is 5.80. The summed E-state index contributed by atoms with van der Waals surface area (Å²) in [4.78, 5) is 0. The van der Waals surface area contributed by atoms with Gasteiger partial charge >= 0.3 is 0 Å². The lowest BCUT2D eigenvalue weighted by Crippen LogP contribution is -2.15. The van der Waals surface area contributed by atoms with Crippen molar-refractivity contribution in [1.82, 2.24) is 0 Å². The highest BCUT2D eigenvalue weighted by molar-refractivity contribution is 5.35. The fourth-order valence-electron chi connectivity index (χ4n) is 3.20. The summed E-state index contributed by atoms with van der Waals surface area (Å²) in [5.74, 6) is -1.54. The van der Waals surface area contributed by atoms with E-state index in [1.165, 1.54) is 23.3 Å². The Morgan fingerprint density at radius 1 is 0.885 bits per heavy atom. The Morgan fingerprint density at radius 2 is 1.54 bits per heavy atom. The minimum atomic E-state index is -0.997. The average molecular weight is 358 g/mol. The molecule has 0 amide bonds. The molecule has 0 saturated heterocycles. The molecule has 0 saturated carbocycles. The van der Waals surface area contributed by atoms with Gasteiger partial charge in [0.1, 0.15) is 0 Å². The summed E-state index contributed by atoms with van der Waals surface area (Å²) in [6.07, 6.45) is 6.29. The molecule has 0 spiro atoms. The molecule has 26 heavy (non-hydrogen) atoms. The van der Waals surface area contributed by atoms with Crippen LogP contribution in [0.2, 0.25) is 0 Å². The standard InChI is InChI=1S/C22H24F2O2/c1-3-25-19-12-13-20(22(24)21(19)23)26-14-16-6-10-18(11-7-16)17-8-4-15(2)5-9-17/h4-6,8-10,12-13,16,18H,3,7,11,14H2,1-2H3. The number of aryl methyl sites for hydroxylation is 1. The SMILES string of the molecule is CCOc1ccc(OCC2C=CC(c3ccc(C)cc3)CC2)c(F)c1F. The Balaban J connectivity index is 1.59. The second kappa shape index (κ2) is 8.35. The lowest BCUT2D eigenvalue weighted by atomic mass is 9.84. The normalized spacial score (nSPS) is 19.4. The number of rotatable bonds is 6. The molecule has 2 atom stereocenters. The smallest absolute Gasteiger partial charge is 0.204 e. The van der Waals surface area contributed by atoms with Crippen molar-refractivity contribution in [3.05, 3.63) is 71.3 Å². The van der Waals surface area contributed by atoms with Gasteiger partial charge in [-0.15, -0.1) is 0 Å². The molecule has 1 aliphatic carbocycles. The molecule has 138 valence electrons. The van der Waals surface area contributed by atoms with Crippen LogP contribution in [0.1, 0.15) is 36.8 Å². The van der Waals surface area contributed by atoms with Crippen molar-refractivity contribution >= 4 is 0 Å². The van der Waals surface area contributed by atoms with Crippen LogP contribution in [0.15, 0.2) is 48.6 Å². The van der Waals surface area contributed by atoms with Crippen LogP contribution in [0, 0.1) is 24.5 Å². The van der Waals surface area contributed by atoms with E-state index in [4.69, 9.17) is 9.47 Å². The van der Waals surface area contributed by atoms with Gasteiger partial charge in [0.25, 0.3) is 0 Å². The number of hydrogen-bond donors (Lipinski definition) is 0. The lowest BCUT2D eigenvalue weighted by Gasteiger charge is -2.23. The lowest BCUT2D eigenvalue weighted by molar-refractivity contribution is 0.243. The molecule has 2 aromatic carbocycles. The number of hydrogen-bond acceptors (Lipinski definition) is 2. The van der Waals surface area contributed by atoms with Gasteiger partial charge in [-0.1, -0.05) is 42.0 Å². The summed E-state index contributed by atoms with van der Waals surface area (Å²) in [5.41, 5.74) is 2.57. The Labute approximate surface area is 153 Å². The molecule has 0 aliphatic heterocycles. The zero-order valence-electron chi connectivity index (χ0n) is 15.2. The first-order chi connectivity index (χ1) is 12.6. The summed E-state index contributed by atoms with van der Waals surface area (Å²) in [7, 11) is 0. The molecule has 0 bridgehead atoms. The van der Waals surface area contributed by atoms with Gasteiger partial charge in [0, 0.05) is 11.8 Å². The van der Waals surface area contributed by atoms with Crippen molar-refractivity contribution in [3.8, 4) is 11.5 Å². The molecular weight excluding hydrogens is 334 g/mol. The number of allylic oxidation sites excluding steroid dienone is 1. The van der Waals surface area contributed by atoms with Crippen molar-refractivity contribution in [1.29, 1.82) is 0 Å². The average Bonchev–Trinajstić information content (AvgIpc) is 2.66. The van der Waals surface area contributed by atoms with E-state index >= 15 is 0 Å². The number of halogens is 2. The number of ether oxygens (including phenoxy) is 2. The van der Waals surface area contributed by atoms with Gasteiger partial charge in [0.15, 0.2) is 11.5 Å². The quantitative estimate of drug-likeness (QED) is 0.608. The Bertz CT molecular complexity index is 768. The third-order valence-corrected chi connectivity index (χ3v) is 4.73. The van der Waals surface area contributed by atoms with Crippen LogP contribution >= 0.6 is 0 Å². The van der Waals surface area contributed by atoms with Crippen LogP contribution in [-0.4, -0.2) is 13.2 Å². The van der Waals surface area contributed by atoms with E-state index in [1.807, 2.05) is 0 Å². The fourth-order valence-corrected chi connectivity index (χ4v) is 3.20.